The Balaban J connectivity index is 1.60. The minimum atomic E-state index is -0.457. The molecule has 0 unspecified atom stereocenters. The standard InChI is InChI=1S/C13H14FN5OS/c14-9-3-1-2-4-10(9)16-11(20)7-21-13-18-17-12(15)19(13)8-5-6-8/h1-4,8H,5-7H2,(H2,15,17)(H,16,20). The molecule has 1 aliphatic carbocycles. The van der Waals surface area contributed by atoms with Crippen molar-refractivity contribution in [2.45, 2.75) is 24.0 Å². The summed E-state index contributed by atoms with van der Waals surface area (Å²) in [5.41, 5.74) is 5.93. The Labute approximate surface area is 124 Å². The number of hydrogen-bond donors (Lipinski definition) is 2. The topological polar surface area (TPSA) is 85.8 Å². The first kappa shape index (κ1) is 13.9. The van der Waals surface area contributed by atoms with E-state index in [0.29, 0.717) is 17.1 Å². The van der Waals surface area contributed by atoms with Gasteiger partial charge < -0.3 is 11.1 Å². The van der Waals surface area contributed by atoms with Gasteiger partial charge in [-0.25, -0.2) is 4.39 Å². The molecule has 1 aliphatic rings. The highest BCUT2D eigenvalue weighted by Gasteiger charge is 2.29. The lowest BCUT2D eigenvalue weighted by Crippen LogP contribution is -2.15. The summed E-state index contributed by atoms with van der Waals surface area (Å²) >= 11 is 1.24. The second kappa shape index (κ2) is 5.72. The molecule has 3 rings (SSSR count). The molecule has 0 saturated heterocycles. The van der Waals surface area contributed by atoms with Crippen LogP contribution in [0.4, 0.5) is 16.0 Å². The summed E-state index contributed by atoms with van der Waals surface area (Å²) in [6, 6.07) is 6.39. The van der Waals surface area contributed by atoms with E-state index < -0.39 is 5.82 Å². The maximum absolute atomic E-state index is 13.4. The summed E-state index contributed by atoms with van der Waals surface area (Å²) < 4.78 is 15.3. The number of hydrogen-bond acceptors (Lipinski definition) is 5. The monoisotopic (exact) mass is 307 g/mol. The van der Waals surface area contributed by atoms with Crippen LogP contribution < -0.4 is 11.1 Å². The molecular formula is C13H14FN5OS. The van der Waals surface area contributed by atoms with Crippen LogP contribution in [0.15, 0.2) is 29.4 Å². The predicted octanol–water partition coefficient (Wildman–Crippen LogP) is 2.07. The lowest BCUT2D eigenvalue weighted by atomic mass is 10.3. The zero-order valence-corrected chi connectivity index (χ0v) is 11.9. The lowest BCUT2D eigenvalue weighted by Gasteiger charge is -2.07. The van der Waals surface area contributed by atoms with Crippen LogP contribution >= 0.6 is 11.8 Å². The Morgan fingerprint density at radius 3 is 2.90 bits per heavy atom. The molecule has 1 aromatic carbocycles. The number of nitrogens with one attached hydrogen (secondary N) is 1. The maximum atomic E-state index is 13.4. The van der Waals surface area contributed by atoms with Crippen molar-refractivity contribution in [1.29, 1.82) is 0 Å². The number of para-hydroxylation sites is 1. The van der Waals surface area contributed by atoms with Crippen molar-refractivity contribution in [3.05, 3.63) is 30.1 Å². The molecule has 2 aromatic rings. The average molecular weight is 307 g/mol. The zero-order valence-electron chi connectivity index (χ0n) is 11.1. The average Bonchev–Trinajstić information content (AvgIpc) is 3.23. The van der Waals surface area contributed by atoms with Crippen molar-refractivity contribution in [3.8, 4) is 0 Å². The van der Waals surface area contributed by atoms with Gasteiger partial charge in [0, 0.05) is 6.04 Å². The minimum Gasteiger partial charge on any atom is -0.368 e. The van der Waals surface area contributed by atoms with Gasteiger partial charge in [0.25, 0.3) is 0 Å². The van der Waals surface area contributed by atoms with Gasteiger partial charge in [-0.15, -0.1) is 10.2 Å². The molecule has 0 spiro atoms. The molecule has 6 nitrogen and oxygen atoms in total. The van der Waals surface area contributed by atoms with E-state index in [0.717, 1.165) is 12.8 Å². The Morgan fingerprint density at radius 2 is 2.19 bits per heavy atom. The first-order chi connectivity index (χ1) is 10.1. The van der Waals surface area contributed by atoms with E-state index in [1.807, 2.05) is 4.57 Å². The number of anilines is 2. The van der Waals surface area contributed by atoms with Crippen LogP contribution in [0.3, 0.4) is 0 Å². The van der Waals surface area contributed by atoms with E-state index in [1.54, 1.807) is 12.1 Å². The fraction of sp³-hybridized carbons (Fsp3) is 0.308. The largest absolute Gasteiger partial charge is 0.368 e. The maximum Gasteiger partial charge on any atom is 0.234 e. The van der Waals surface area contributed by atoms with E-state index in [1.165, 1.54) is 23.9 Å². The molecule has 1 aromatic heterocycles. The van der Waals surface area contributed by atoms with Gasteiger partial charge >= 0.3 is 0 Å². The van der Waals surface area contributed by atoms with Crippen LogP contribution in [0, 0.1) is 5.82 Å². The Bertz CT molecular complexity index is 670. The first-order valence-electron chi connectivity index (χ1n) is 6.52. The molecule has 1 saturated carbocycles. The Hall–Kier alpha value is -2.09. The van der Waals surface area contributed by atoms with Crippen LogP contribution in [0.1, 0.15) is 18.9 Å². The van der Waals surface area contributed by atoms with E-state index in [-0.39, 0.29) is 17.3 Å². The van der Waals surface area contributed by atoms with Crippen molar-refractivity contribution in [2.24, 2.45) is 0 Å². The van der Waals surface area contributed by atoms with E-state index >= 15 is 0 Å². The van der Waals surface area contributed by atoms with Gasteiger partial charge in [-0.1, -0.05) is 23.9 Å². The van der Waals surface area contributed by atoms with Gasteiger partial charge in [-0.2, -0.15) is 0 Å². The van der Waals surface area contributed by atoms with Crippen LogP contribution in [0.25, 0.3) is 0 Å². The number of amides is 1. The second-order valence-electron chi connectivity index (χ2n) is 4.76. The van der Waals surface area contributed by atoms with Gasteiger partial charge in [-0.3, -0.25) is 9.36 Å². The van der Waals surface area contributed by atoms with Crippen molar-refractivity contribution >= 4 is 29.3 Å². The van der Waals surface area contributed by atoms with Crippen LogP contribution in [0.2, 0.25) is 0 Å². The molecule has 0 aliphatic heterocycles. The Kier molecular flexibility index (Phi) is 3.78. The first-order valence-corrected chi connectivity index (χ1v) is 7.51. The van der Waals surface area contributed by atoms with Gasteiger partial charge in [0.15, 0.2) is 5.16 Å². The SMILES string of the molecule is Nc1nnc(SCC(=O)Nc2ccccc2F)n1C1CC1. The molecule has 110 valence electrons. The minimum absolute atomic E-state index is 0.124. The molecule has 1 fully saturated rings. The third-order valence-electron chi connectivity index (χ3n) is 3.08. The van der Waals surface area contributed by atoms with Crippen molar-refractivity contribution in [2.75, 3.05) is 16.8 Å². The third-order valence-corrected chi connectivity index (χ3v) is 4.03. The fourth-order valence-electron chi connectivity index (χ4n) is 1.94. The number of benzene rings is 1. The highest BCUT2D eigenvalue weighted by atomic mass is 32.2. The molecule has 8 heteroatoms. The summed E-state index contributed by atoms with van der Waals surface area (Å²) in [6.07, 6.45) is 2.11. The number of aromatic nitrogens is 3. The highest BCUT2D eigenvalue weighted by Crippen LogP contribution is 2.39. The number of rotatable bonds is 5. The quantitative estimate of drug-likeness (QED) is 0.826. The number of thioether (sulfide) groups is 1. The molecule has 1 amide bonds. The van der Waals surface area contributed by atoms with Crippen molar-refractivity contribution in [3.63, 3.8) is 0 Å². The van der Waals surface area contributed by atoms with Gasteiger partial charge in [0.05, 0.1) is 11.4 Å². The van der Waals surface area contributed by atoms with Crippen LogP contribution in [0.5, 0.6) is 0 Å². The zero-order chi connectivity index (χ0) is 14.8. The molecular weight excluding hydrogens is 293 g/mol. The van der Waals surface area contributed by atoms with Gasteiger partial charge in [0.2, 0.25) is 11.9 Å². The predicted molar refractivity (Wildman–Crippen MR) is 78.5 cm³/mol. The van der Waals surface area contributed by atoms with Gasteiger partial charge in [-0.05, 0) is 25.0 Å². The summed E-state index contributed by atoms with van der Waals surface area (Å²) in [5.74, 6) is -0.260. The number of nitrogen functional groups attached to an aromatic ring is 1. The highest BCUT2D eigenvalue weighted by molar-refractivity contribution is 7.99. The molecule has 0 atom stereocenters. The number of nitrogens with two attached hydrogens (primary N) is 1. The molecule has 0 radical (unpaired) electrons. The summed E-state index contributed by atoms with van der Waals surface area (Å²) in [5, 5.41) is 11.0. The smallest absolute Gasteiger partial charge is 0.234 e. The Morgan fingerprint density at radius 1 is 1.43 bits per heavy atom. The summed E-state index contributed by atoms with van der Waals surface area (Å²) in [4.78, 5) is 11.9. The van der Waals surface area contributed by atoms with E-state index in [2.05, 4.69) is 15.5 Å². The molecule has 1 heterocycles. The molecule has 21 heavy (non-hydrogen) atoms. The summed E-state index contributed by atoms with van der Waals surface area (Å²) in [7, 11) is 0. The number of carbonyl (C=O) groups excluding carboxylic acids is 1. The fourth-order valence-corrected chi connectivity index (χ4v) is 2.75. The number of halogens is 1. The normalized spacial score (nSPS) is 14.1. The lowest BCUT2D eigenvalue weighted by molar-refractivity contribution is -0.113. The van der Waals surface area contributed by atoms with Crippen LogP contribution in [-0.2, 0) is 4.79 Å². The van der Waals surface area contributed by atoms with E-state index in [4.69, 9.17) is 5.73 Å². The van der Waals surface area contributed by atoms with Gasteiger partial charge in [0.1, 0.15) is 5.82 Å². The number of nitrogens with zero attached hydrogens (tertiary/aromatic N) is 3. The molecule has 0 bridgehead atoms. The number of carbonyl (C=O) groups is 1. The van der Waals surface area contributed by atoms with Crippen molar-refractivity contribution < 1.29 is 9.18 Å². The molecule has 3 N–H and O–H groups in total. The van der Waals surface area contributed by atoms with Crippen LogP contribution in [-0.4, -0.2) is 26.4 Å². The second-order valence-corrected chi connectivity index (χ2v) is 5.70. The van der Waals surface area contributed by atoms with Crippen molar-refractivity contribution in [1.82, 2.24) is 14.8 Å². The third kappa shape index (κ3) is 3.15. The van der Waals surface area contributed by atoms with E-state index in [9.17, 15) is 9.18 Å². The summed E-state index contributed by atoms with van der Waals surface area (Å²) in [6.45, 7) is 0.